The van der Waals surface area contributed by atoms with Crippen molar-refractivity contribution >= 4 is 35.2 Å². The molecule has 0 saturated heterocycles. The van der Waals surface area contributed by atoms with Gasteiger partial charge in [0.15, 0.2) is 0 Å². The van der Waals surface area contributed by atoms with Gasteiger partial charge in [0.05, 0.1) is 11.8 Å². The van der Waals surface area contributed by atoms with Crippen LogP contribution in [-0.2, 0) is 35.1 Å². The molecule has 1 aliphatic heterocycles. The number of carbonyl (C=O) groups excluding carboxylic acids is 5. The van der Waals surface area contributed by atoms with Crippen molar-refractivity contribution in [2.75, 3.05) is 0 Å². The zero-order valence-electron chi connectivity index (χ0n) is 24.7. The van der Waals surface area contributed by atoms with Gasteiger partial charge in [-0.15, -0.1) is 0 Å². The highest BCUT2D eigenvalue weighted by molar-refractivity contribution is 6.36. The highest BCUT2D eigenvalue weighted by Gasteiger charge is 2.48. The maximum Gasteiger partial charge on any atom is 0.377 e. The molecule has 3 amide bonds. The van der Waals surface area contributed by atoms with Crippen LogP contribution in [0.5, 0.6) is 0 Å². The van der Waals surface area contributed by atoms with Crippen LogP contribution in [0.25, 0.3) is 5.70 Å². The molecule has 2 aliphatic rings. The number of ether oxygens (including phenoxy) is 1. The van der Waals surface area contributed by atoms with Gasteiger partial charge in [0.1, 0.15) is 12.1 Å². The van der Waals surface area contributed by atoms with Gasteiger partial charge < -0.3 is 9.64 Å². The Kier molecular flexibility index (Phi) is 9.93. The minimum absolute atomic E-state index is 0.0250. The molecule has 42 heavy (non-hydrogen) atoms. The molecule has 9 heteroatoms. The highest BCUT2D eigenvalue weighted by Crippen LogP contribution is 2.37. The molecule has 2 aromatic carbocycles. The summed E-state index contributed by atoms with van der Waals surface area (Å²) in [6.07, 6.45) is 5.46. The molecular formula is C33H39N3O6. The van der Waals surface area contributed by atoms with Crippen LogP contribution >= 0.6 is 0 Å². The molecule has 4 rings (SSSR count). The molecule has 9 nitrogen and oxygen atoms in total. The highest BCUT2D eigenvalue weighted by atomic mass is 16.5. The van der Waals surface area contributed by atoms with Crippen molar-refractivity contribution in [2.24, 2.45) is 5.92 Å². The molecule has 0 radical (unpaired) electrons. The van der Waals surface area contributed by atoms with Gasteiger partial charge in [-0.3, -0.25) is 19.2 Å². The third-order valence-electron chi connectivity index (χ3n) is 7.73. The maximum absolute atomic E-state index is 14.7. The Morgan fingerprint density at radius 3 is 2.05 bits per heavy atom. The van der Waals surface area contributed by atoms with Gasteiger partial charge in [-0.2, -0.15) is 0 Å². The molecule has 0 spiro atoms. The van der Waals surface area contributed by atoms with E-state index in [-0.39, 0.29) is 23.9 Å². The summed E-state index contributed by atoms with van der Waals surface area (Å²) in [7, 11) is 0. The molecule has 0 bridgehead atoms. The number of hydrogen-bond acceptors (Lipinski definition) is 6. The summed E-state index contributed by atoms with van der Waals surface area (Å²) < 4.78 is 5.25. The Hall–Kier alpha value is -4.27. The third-order valence-corrected chi connectivity index (χ3v) is 7.73. The number of ketones is 1. The molecule has 1 saturated carbocycles. The normalized spacial score (nSPS) is 18.4. The molecule has 1 heterocycles. The van der Waals surface area contributed by atoms with Crippen LogP contribution in [0.3, 0.4) is 0 Å². The predicted octanol–water partition coefficient (Wildman–Crippen LogP) is 4.52. The van der Waals surface area contributed by atoms with Crippen molar-refractivity contribution in [1.82, 2.24) is 14.9 Å². The van der Waals surface area contributed by atoms with Crippen LogP contribution in [0.4, 0.5) is 0 Å². The average Bonchev–Trinajstić information content (AvgIpc) is 2.97. The topological polar surface area (TPSA) is 104 Å². The standard InChI is InChI=1S/C33H39N3O6/c1-22(2)42-33(41)31(39)28(20-25-14-8-5-9-15-25)35(24(4)38)36-29(26-16-10-6-11-17-26)21-34(23(3)37)30(32(36)40)27-18-12-7-13-19-27/h5-6,8-11,14-17,21-22,27-28,30H,7,12-13,18-20H2,1-4H3/t28-,30?/m0/s1. The summed E-state index contributed by atoms with van der Waals surface area (Å²) in [5.41, 5.74) is 1.53. The Balaban J connectivity index is 1.90. The second kappa shape index (κ2) is 13.6. The van der Waals surface area contributed by atoms with E-state index in [9.17, 15) is 24.0 Å². The van der Waals surface area contributed by atoms with Gasteiger partial charge in [0.25, 0.3) is 11.7 Å². The van der Waals surface area contributed by atoms with Crippen molar-refractivity contribution in [3.05, 3.63) is 78.0 Å². The number of hydrogen-bond donors (Lipinski definition) is 0. The second-order valence-electron chi connectivity index (χ2n) is 11.2. The predicted molar refractivity (Wildman–Crippen MR) is 157 cm³/mol. The summed E-state index contributed by atoms with van der Waals surface area (Å²) in [5, 5.41) is 2.32. The minimum atomic E-state index is -1.37. The van der Waals surface area contributed by atoms with Crippen molar-refractivity contribution in [1.29, 1.82) is 0 Å². The van der Waals surface area contributed by atoms with Gasteiger partial charge in [-0.1, -0.05) is 79.9 Å². The van der Waals surface area contributed by atoms with Crippen LogP contribution in [0.15, 0.2) is 66.9 Å². The number of rotatable bonds is 9. The van der Waals surface area contributed by atoms with Crippen LogP contribution in [0, 0.1) is 5.92 Å². The minimum Gasteiger partial charge on any atom is -0.457 e. The lowest BCUT2D eigenvalue weighted by Gasteiger charge is -2.47. The van der Waals surface area contributed by atoms with Crippen LogP contribution in [-0.4, -0.2) is 62.6 Å². The summed E-state index contributed by atoms with van der Waals surface area (Å²) in [5.74, 6) is -3.52. The van der Waals surface area contributed by atoms with Crippen molar-refractivity contribution in [3.8, 4) is 0 Å². The van der Waals surface area contributed by atoms with E-state index in [2.05, 4.69) is 0 Å². The van der Waals surface area contributed by atoms with Gasteiger partial charge in [-0.25, -0.2) is 14.8 Å². The number of hydrazine groups is 1. The first kappa shape index (κ1) is 30.7. The number of carbonyl (C=O) groups is 5. The number of amides is 3. The molecule has 1 unspecified atom stereocenters. The number of esters is 1. The largest absolute Gasteiger partial charge is 0.457 e. The molecule has 1 aliphatic carbocycles. The zero-order valence-corrected chi connectivity index (χ0v) is 24.7. The number of benzene rings is 2. The molecule has 1 fully saturated rings. The Morgan fingerprint density at radius 1 is 0.905 bits per heavy atom. The molecule has 0 N–H and O–H groups in total. The summed E-state index contributed by atoms with van der Waals surface area (Å²) >= 11 is 0. The van der Waals surface area contributed by atoms with E-state index in [0.29, 0.717) is 11.1 Å². The van der Waals surface area contributed by atoms with E-state index in [1.807, 2.05) is 12.1 Å². The van der Waals surface area contributed by atoms with E-state index < -0.39 is 41.8 Å². The van der Waals surface area contributed by atoms with Crippen LogP contribution in [0.2, 0.25) is 0 Å². The number of nitrogens with zero attached hydrogens (tertiary/aromatic N) is 3. The Bertz CT molecular complexity index is 1330. The molecule has 2 aromatic rings. The van der Waals surface area contributed by atoms with E-state index in [1.54, 1.807) is 68.6 Å². The van der Waals surface area contributed by atoms with Crippen LogP contribution in [0.1, 0.15) is 70.9 Å². The SMILES string of the molecule is CC(=O)N1C=C(c2ccccc2)N(N(C(C)=O)[C@@H](Cc2ccccc2)C(=O)C(=O)OC(C)C)C(=O)C1C1CCCCC1. The van der Waals surface area contributed by atoms with Crippen LogP contribution < -0.4 is 0 Å². The first-order chi connectivity index (χ1) is 20.1. The van der Waals surface area contributed by atoms with Crippen molar-refractivity contribution in [3.63, 3.8) is 0 Å². The number of Topliss-reactive ketones (excluding diaryl/α,β-unsaturated/α-hetero) is 1. The monoisotopic (exact) mass is 573 g/mol. The fraction of sp³-hybridized carbons (Fsp3) is 0.424. The van der Waals surface area contributed by atoms with Crippen molar-refractivity contribution < 1.29 is 28.7 Å². The Morgan fingerprint density at radius 2 is 1.50 bits per heavy atom. The zero-order chi connectivity index (χ0) is 30.4. The van der Waals surface area contributed by atoms with E-state index >= 15 is 0 Å². The van der Waals surface area contributed by atoms with E-state index in [1.165, 1.54) is 23.8 Å². The van der Waals surface area contributed by atoms with Gasteiger partial charge in [-0.05, 0) is 38.2 Å². The summed E-state index contributed by atoms with van der Waals surface area (Å²) in [6, 6.07) is 15.7. The van der Waals surface area contributed by atoms with Crippen molar-refractivity contribution in [2.45, 2.75) is 84.4 Å². The lowest BCUT2D eigenvalue weighted by Crippen LogP contribution is -2.64. The smallest absolute Gasteiger partial charge is 0.377 e. The lowest BCUT2D eigenvalue weighted by atomic mass is 9.82. The average molecular weight is 574 g/mol. The third kappa shape index (κ3) is 6.78. The fourth-order valence-corrected chi connectivity index (χ4v) is 5.86. The summed E-state index contributed by atoms with van der Waals surface area (Å²) in [6.45, 7) is 5.96. The molecule has 2 atom stereocenters. The Labute approximate surface area is 247 Å². The molecule has 222 valence electrons. The lowest BCUT2D eigenvalue weighted by molar-refractivity contribution is -0.173. The van der Waals surface area contributed by atoms with E-state index in [4.69, 9.17) is 4.74 Å². The van der Waals surface area contributed by atoms with Gasteiger partial charge in [0.2, 0.25) is 11.8 Å². The first-order valence-corrected chi connectivity index (χ1v) is 14.6. The molecular weight excluding hydrogens is 534 g/mol. The second-order valence-corrected chi connectivity index (χ2v) is 11.2. The van der Waals surface area contributed by atoms with Gasteiger partial charge >= 0.3 is 5.97 Å². The summed E-state index contributed by atoms with van der Waals surface area (Å²) in [4.78, 5) is 69.5. The van der Waals surface area contributed by atoms with E-state index in [0.717, 1.165) is 37.1 Å². The maximum atomic E-state index is 14.7. The quantitative estimate of drug-likeness (QED) is 0.323. The fourth-order valence-electron chi connectivity index (χ4n) is 5.86. The first-order valence-electron chi connectivity index (χ1n) is 14.6. The molecule has 0 aromatic heterocycles. The van der Waals surface area contributed by atoms with Gasteiger partial charge in [0, 0.05) is 32.0 Å².